The predicted molar refractivity (Wildman–Crippen MR) is 51.0 cm³/mol. The maximum Gasteiger partial charge on any atom is 0.298 e. The lowest BCUT2D eigenvalue weighted by atomic mass is 10.0. The van der Waals surface area contributed by atoms with Crippen LogP contribution in [0.25, 0.3) is 0 Å². The van der Waals surface area contributed by atoms with Crippen molar-refractivity contribution in [1.82, 2.24) is 0 Å². The van der Waals surface area contributed by atoms with Crippen LogP contribution in [0.4, 0.5) is 0 Å². The molecule has 1 aromatic carbocycles. The van der Waals surface area contributed by atoms with Crippen molar-refractivity contribution in [3.8, 4) is 11.5 Å². The van der Waals surface area contributed by atoms with E-state index in [0.29, 0.717) is 6.47 Å². The lowest BCUT2D eigenvalue weighted by Crippen LogP contribution is -2.03. The zero-order valence-corrected chi connectivity index (χ0v) is 7.43. The van der Waals surface area contributed by atoms with Gasteiger partial charge in [-0.25, -0.2) is 0 Å². The van der Waals surface area contributed by atoms with Gasteiger partial charge in [0.2, 0.25) is 0 Å². The Morgan fingerprint density at radius 3 is 3.14 bits per heavy atom. The Labute approximate surface area is 80.8 Å². The Morgan fingerprint density at radius 1 is 1.50 bits per heavy atom. The predicted octanol–water partition coefficient (Wildman–Crippen LogP) is 0.902. The summed E-state index contributed by atoms with van der Waals surface area (Å²) in [5, 5.41) is 9.45. The fourth-order valence-corrected chi connectivity index (χ4v) is 1.46. The SMILES string of the molecule is O=COc1cc2c(cc1O)C=NCC2. The highest BCUT2D eigenvalue weighted by Crippen LogP contribution is 2.30. The van der Waals surface area contributed by atoms with Crippen LogP contribution < -0.4 is 4.74 Å². The van der Waals surface area contributed by atoms with Crippen molar-refractivity contribution in [3.05, 3.63) is 23.3 Å². The minimum Gasteiger partial charge on any atom is -0.504 e. The minimum atomic E-state index is -0.0378. The van der Waals surface area contributed by atoms with Gasteiger partial charge in [-0.05, 0) is 29.7 Å². The average molecular weight is 191 g/mol. The number of aliphatic imine (C=N–C) groups is 1. The van der Waals surface area contributed by atoms with Gasteiger partial charge in [0.25, 0.3) is 6.47 Å². The number of hydrogen-bond donors (Lipinski definition) is 1. The third-order valence-electron chi connectivity index (χ3n) is 2.14. The summed E-state index contributed by atoms with van der Waals surface area (Å²) in [5.74, 6) is 0.165. The Bertz CT molecular complexity index is 399. The average Bonchev–Trinajstić information content (AvgIpc) is 2.19. The van der Waals surface area contributed by atoms with Gasteiger partial charge in [-0.1, -0.05) is 0 Å². The molecular weight excluding hydrogens is 182 g/mol. The number of phenolic OH excluding ortho intramolecular Hbond substituents is 1. The Morgan fingerprint density at radius 2 is 2.36 bits per heavy atom. The van der Waals surface area contributed by atoms with Crippen molar-refractivity contribution in [1.29, 1.82) is 0 Å². The zero-order chi connectivity index (χ0) is 9.97. The van der Waals surface area contributed by atoms with Crippen LogP contribution in [0.3, 0.4) is 0 Å². The van der Waals surface area contributed by atoms with E-state index in [1.54, 1.807) is 18.3 Å². The Balaban J connectivity index is 2.46. The van der Waals surface area contributed by atoms with Crippen LogP contribution >= 0.6 is 0 Å². The highest BCUT2D eigenvalue weighted by molar-refractivity contribution is 5.84. The van der Waals surface area contributed by atoms with E-state index < -0.39 is 0 Å². The van der Waals surface area contributed by atoms with Crippen LogP contribution in [0.15, 0.2) is 17.1 Å². The number of aromatic hydroxyl groups is 1. The summed E-state index contributed by atoms with van der Waals surface area (Å²) in [7, 11) is 0. The molecule has 0 saturated carbocycles. The molecule has 0 saturated heterocycles. The van der Waals surface area contributed by atoms with Gasteiger partial charge in [0.15, 0.2) is 11.5 Å². The first kappa shape index (κ1) is 8.74. The fourth-order valence-electron chi connectivity index (χ4n) is 1.46. The van der Waals surface area contributed by atoms with Gasteiger partial charge >= 0.3 is 0 Å². The topological polar surface area (TPSA) is 58.9 Å². The van der Waals surface area contributed by atoms with Gasteiger partial charge in [-0.15, -0.1) is 0 Å². The third kappa shape index (κ3) is 1.46. The lowest BCUT2D eigenvalue weighted by molar-refractivity contribution is -0.120. The van der Waals surface area contributed by atoms with Crippen LogP contribution in [-0.4, -0.2) is 24.3 Å². The maximum atomic E-state index is 10.1. The molecular formula is C10H9NO3. The molecule has 0 aliphatic carbocycles. The Hall–Kier alpha value is -1.84. The van der Waals surface area contributed by atoms with Gasteiger partial charge in [0.1, 0.15) is 0 Å². The monoisotopic (exact) mass is 191 g/mol. The molecule has 0 radical (unpaired) electrons. The molecule has 0 atom stereocenters. The van der Waals surface area contributed by atoms with Gasteiger partial charge in [-0.3, -0.25) is 9.79 Å². The third-order valence-corrected chi connectivity index (χ3v) is 2.14. The van der Waals surface area contributed by atoms with Crippen molar-refractivity contribution in [3.63, 3.8) is 0 Å². The van der Waals surface area contributed by atoms with E-state index >= 15 is 0 Å². The molecule has 4 nitrogen and oxygen atoms in total. The summed E-state index contributed by atoms with van der Waals surface area (Å²) in [6.45, 7) is 1.04. The molecule has 0 unspecified atom stereocenters. The molecule has 2 rings (SSSR count). The molecule has 0 spiro atoms. The van der Waals surface area contributed by atoms with Crippen molar-refractivity contribution in [2.75, 3.05) is 6.54 Å². The van der Waals surface area contributed by atoms with Crippen molar-refractivity contribution in [2.24, 2.45) is 4.99 Å². The number of phenols is 1. The number of carbonyl (C=O) groups is 1. The van der Waals surface area contributed by atoms with Crippen molar-refractivity contribution in [2.45, 2.75) is 6.42 Å². The first-order valence-corrected chi connectivity index (χ1v) is 4.27. The van der Waals surface area contributed by atoms with Crippen molar-refractivity contribution < 1.29 is 14.6 Å². The van der Waals surface area contributed by atoms with E-state index in [1.165, 1.54) is 0 Å². The molecule has 1 N–H and O–H groups in total. The van der Waals surface area contributed by atoms with E-state index in [0.717, 1.165) is 24.1 Å². The largest absolute Gasteiger partial charge is 0.504 e. The zero-order valence-electron chi connectivity index (χ0n) is 7.43. The quantitative estimate of drug-likeness (QED) is 0.706. The summed E-state index contributed by atoms with van der Waals surface area (Å²) in [6, 6.07) is 3.22. The van der Waals surface area contributed by atoms with E-state index in [1.807, 2.05) is 0 Å². The normalized spacial score (nSPS) is 13.4. The fraction of sp³-hybridized carbons (Fsp3) is 0.200. The molecule has 72 valence electrons. The molecule has 4 heteroatoms. The maximum absolute atomic E-state index is 10.1. The first-order valence-electron chi connectivity index (χ1n) is 4.27. The molecule has 0 bridgehead atoms. The highest BCUT2D eigenvalue weighted by Gasteiger charge is 2.11. The number of benzene rings is 1. The molecule has 1 aliphatic rings. The molecule has 14 heavy (non-hydrogen) atoms. The minimum absolute atomic E-state index is 0.0378. The van der Waals surface area contributed by atoms with Gasteiger partial charge in [-0.2, -0.15) is 0 Å². The molecule has 1 aliphatic heterocycles. The van der Waals surface area contributed by atoms with Crippen LogP contribution in [-0.2, 0) is 11.2 Å². The molecule has 1 heterocycles. The Kier molecular flexibility index (Phi) is 2.18. The summed E-state index contributed by atoms with van der Waals surface area (Å²) < 4.78 is 4.63. The van der Waals surface area contributed by atoms with Gasteiger partial charge in [0, 0.05) is 12.8 Å². The van der Waals surface area contributed by atoms with Gasteiger partial charge in [0.05, 0.1) is 0 Å². The molecule has 1 aromatic rings. The molecule has 0 aromatic heterocycles. The van der Waals surface area contributed by atoms with Gasteiger partial charge < -0.3 is 9.84 Å². The van der Waals surface area contributed by atoms with E-state index in [-0.39, 0.29) is 11.5 Å². The number of rotatable bonds is 2. The molecule has 0 fully saturated rings. The number of ether oxygens (including phenoxy) is 1. The van der Waals surface area contributed by atoms with E-state index in [4.69, 9.17) is 0 Å². The summed E-state index contributed by atoms with van der Waals surface area (Å²) in [6.07, 6.45) is 2.52. The summed E-state index contributed by atoms with van der Waals surface area (Å²) in [5.41, 5.74) is 1.92. The second kappa shape index (κ2) is 3.49. The van der Waals surface area contributed by atoms with Crippen LogP contribution in [0.5, 0.6) is 11.5 Å². The van der Waals surface area contributed by atoms with E-state index in [9.17, 15) is 9.90 Å². The number of nitrogens with zero attached hydrogens (tertiary/aromatic N) is 1. The van der Waals surface area contributed by atoms with Crippen molar-refractivity contribution >= 4 is 12.7 Å². The molecule has 0 amide bonds. The number of fused-ring (bicyclic) bond motifs is 1. The summed E-state index contributed by atoms with van der Waals surface area (Å²) >= 11 is 0. The second-order valence-electron chi connectivity index (χ2n) is 3.02. The number of carbonyl (C=O) groups excluding carboxylic acids is 1. The summed E-state index contributed by atoms with van der Waals surface area (Å²) in [4.78, 5) is 14.2. The van der Waals surface area contributed by atoms with Crippen LogP contribution in [0, 0.1) is 0 Å². The second-order valence-corrected chi connectivity index (χ2v) is 3.02. The van der Waals surface area contributed by atoms with E-state index in [2.05, 4.69) is 9.73 Å². The number of hydrogen-bond acceptors (Lipinski definition) is 4. The lowest BCUT2D eigenvalue weighted by Gasteiger charge is -2.11. The standard InChI is InChI=1S/C10H9NO3/c12-6-14-10-4-7-1-2-11-5-8(7)3-9(10)13/h3-6,13H,1-2H2. The highest BCUT2D eigenvalue weighted by atomic mass is 16.5. The smallest absolute Gasteiger partial charge is 0.298 e. The van der Waals surface area contributed by atoms with Crippen LogP contribution in [0.2, 0.25) is 0 Å². The van der Waals surface area contributed by atoms with Crippen LogP contribution in [0.1, 0.15) is 11.1 Å². The first-order chi connectivity index (χ1) is 6.81.